The van der Waals surface area contributed by atoms with Gasteiger partial charge in [-0.15, -0.1) is 0 Å². The Hall–Kier alpha value is -3.15. The molecule has 21 heavy (non-hydrogen) atoms. The zero-order valence-electron chi connectivity index (χ0n) is 10.7. The average molecular weight is 283 g/mol. The Balaban J connectivity index is 1.73. The number of amides is 2. The zero-order valence-corrected chi connectivity index (χ0v) is 10.7. The number of hydrogen-bond acceptors (Lipinski definition) is 5. The molecule has 0 fully saturated rings. The second-order valence-electron chi connectivity index (χ2n) is 4.21. The van der Waals surface area contributed by atoms with Gasteiger partial charge in [0.15, 0.2) is 0 Å². The van der Waals surface area contributed by atoms with E-state index in [9.17, 15) is 14.4 Å². The molecule has 2 heterocycles. The number of carbonyl (C=O) groups is 3. The first-order chi connectivity index (χ1) is 10.2. The van der Waals surface area contributed by atoms with Crippen LogP contribution in [0.1, 0.15) is 26.5 Å². The number of imide groups is 1. The summed E-state index contributed by atoms with van der Waals surface area (Å²) in [6.45, 7) is 0. The number of carbonyl (C=O) groups excluding carboxylic acids is 3. The van der Waals surface area contributed by atoms with Crippen LogP contribution in [0.4, 0.5) is 0 Å². The molecule has 6 nitrogen and oxygen atoms in total. The summed E-state index contributed by atoms with van der Waals surface area (Å²) in [5, 5.41) is 0.458. The summed E-state index contributed by atoms with van der Waals surface area (Å²) in [5.41, 5.74) is 0.427. The van der Waals surface area contributed by atoms with Crippen LogP contribution in [0.25, 0.3) is 6.08 Å². The Morgan fingerprint density at radius 1 is 1.05 bits per heavy atom. The van der Waals surface area contributed by atoms with Gasteiger partial charge in [0.25, 0.3) is 11.8 Å². The lowest BCUT2D eigenvalue weighted by molar-refractivity contribution is -0.161. The predicted molar refractivity (Wildman–Crippen MR) is 70.8 cm³/mol. The molecule has 0 atom stereocenters. The summed E-state index contributed by atoms with van der Waals surface area (Å²) >= 11 is 0. The Kier molecular flexibility index (Phi) is 3.12. The molecule has 0 bridgehead atoms. The van der Waals surface area contributed by atoms with Crippen molar-refractivity contribution in [2.24, 2.45) is 0 Å². The van der Waals surface area contributed by atoms with Crippen LogP contribution in [0, 0.1) is 0 Å². The maximum Gasteiger partial charge on any atom is 0.356 e. The van der Waals surface area contributed by atoms with Crippen molar-refractivity contribution in [3.63, 3.8) is 0 Å². The lowest BCUT2D eigenvalue weighted by Crippen LogP contribution is -2.32. The van der Waals surface area contributed by atoms with Gasteiger partial charge < -0.3 is 9.25 Å². The maximum atomic E-state index is 12.0. The van der Waals surface area contributed by atoms with Crippen molar-refractivity contribution in [1.29, 1.82) is 0 Å². The molecule has 1 aliphatic rings. The highest BCUT2D eigenvalue weighted by Crippen LogP contribution is 2.22. The molecule has 0 unspecified atom stereocenters. The number of benzene rings is 1. The minimum absolute atomic E-state index is 0.213. The van der Waals surface area contributed by atoms with E-state index in [1.165, 1.54) is 24.5 Å². The molecular weight excluding hydrogens is 274 g/mol. The van der Waals surface area contributed by atoms with Crippen LogP contribution in [-0.4, -0.2) is 22.8 Å². The quantitative estimate of drug-likeness (QED) is 0.636. The molecule has 104 valence electrons. The second kappa shape index (κ2) is 5.09. The molecule has 1 aromatic carbocycles. The van der Waals surface area contributed by atoms with Crippen molar-refractivity contribution in [3.8, 4) is 0 Å². The van der Waals surface area contributed by atoms with Gasteiger partial charge in [0, 0.05) is 6.08 Å². The monoisotopic (exact) mass is 283 g/mol. The van der Waals surface area contributed by atoms with E-state index >= 15 is 0 Å². The molecule has 2 aromatic rings. The summed E-state index contributed by atoms with van der Waals surface area (Å²) < 4.78 is 5.00. The minimum atomic E-state index is -0.846. The minimum Gasteiger partial charge on any atom is -0.465 e. The van der Waals surface area contributed by atoms with Crippen LogP contribution in [0.5, 0.6) is 0 Å². The van der Waals surface area contributed by atoms with Crippen LogP contribution < -0.4 is 0 Å². The third kappa shape index (κ3) is 2.34. The van der Waals surface area contributed by atoms with Gasteiger partial charge in [0.2, 0.25) is 0 Å². The van der Waals surface area contributed by atoms with E-state index in [4.69, 9.17) is 9.25 Å². The van der Waals surface area contributed by atoms with Gasteiger partial charge in [-0.05, 0) is 30.3 Å². The Labute approximate surface area is 119 Å². The van der Waals surface area contributed by atoms with Gasteiger partial charge >= 0.3 is 5.97 Å². The number of hydroxylamine groups is 2. The summed E-state index contributed by atoms with van der Waals surface area (Å²) in [7, 11) is 0. The highest BCUT2D eigenvalue weighted by Gasteiger charge is 2.38. The fraction of sp³-hybridized carbons (Fsp3) is 0. The Morgan fingerprint density at radius 2 is 1.71 bits per heavy atom. The first-order valence-electron chi connectivity index (χ1n) is 6.08. The van der Waals surface area contributed by atoms with E-state index in [0.717, 1.165) is 6.08 Å². The lowest BCUT2D eigenvalue weighted by atomic mass is 10.1. The zero-order chi connectivity index (χ0) is 14.8. The topological polar surface area (TPSA) is 76.8 Å². The van der Waals surface area contributed by atoms with E-state index in [2.05, 4.69) is 0 Å². The van der Waals surface area contributed by atoms with Gasteiger partial charge in [-0.25, -0.2) is 4.79 Å². The van der Waals surface area contributed by atoms with Gasteiger partial charge in [0.05, 0.1) is 17.4 Å². The van der Waals surface area contributed by atoms with Gasteiger partial charge in [-0.2, -0.15) is 0 Å². The third-order valence-corrected chi connectivity index (χ3v) is 2.86. The van der Waals surface area contributed by atoms with Gasteiger partial charge in [0.1, 0.15) is 5.76 Å². The van der Waals surface area contributed by atoms with Crippen LogP contribution in [0.2, 0.25) is 0 Å². The third-order valence-electron chi connectivity index (χ3n) is 2.86. The summed E-state index contributed by atoms with van der Waals surface area (Å²) in [4.78, 5) is 40.3. The predicted octanol–water partition coefficient (Wildman–Crippen LogP) is 2.05. The highest BCUT2D eigenvalue weighted by atomic mass is 16.7. The SMILES string of the molecule is O=C(/C=C/c1ccco1)ON1C(=O)c2ccccc2C1=O. The van der Waals surface area contributed by atoms with E-state index < -0.39 is 17.8 Å². The molecule has 0 spiro atoms. The Morgan fingerprint density at radius 3 is 2.29 bits per heavy atom. The van der Waals surface area contributed by atoms with Crippen LogP contribution in [0.15, 0.2) is 53.2 Å². The second-order valence-corrected chi connectivity index (χ2v) is 4.21. The van der Waals surface area contributed by atoms with E-state index in [1.807, 2.05) is 0 Å². The number of hydrogen-bond donors (Lipinski definition) is 0. The normalized spacial score (nSPS) is 13.8. The van der Waals surface area contributed by atoms with Gasteiger partial charge in [-0.1, -0.05) is 17.2 Å². The van der Waals surface area contributed by atoms with Crippen molar-refractivity contribution < 1.29 is 23.6 Å². The van der Waals surface area contributed by atoms with Crippen molar-refractivity contribution in [3.05, 3.63) is 65.6 Å². The van der Waals surface area contributed by atoms with Crippen molar-refractivity contribution >= 4 is 23.9 Å². The molecule has 1 aromatic heterocycles. The van der Waals surface area contributed by atoms with Crippen LogP contribution in [-0.2, 0) is 9.63 Å². The molecule has 2 amide bonds. The molecule has 0 N–H and O–H groups in total. The number of fused-ring (bicyclic) bond motifs is 1. The summed E-state index contributed by atoms with van der Waals surface area (Å²) in [6.07, 6.45) is 3.90. The Bertz CT molecular complexity index is 710. The average Bonchev–Trinajstić information content (AvgIpc) is 3.09. The van der Waals surface area contributed by atoms with Crippen molar-refractivity contribution in [2.45, 2.75) is 0 Å². The number of rotatable bonds is 3. The molecule has 0 radical (unpaired) electrons. The van der Waals surface area contributed by atoms with Crippen molar-refractivity contribution in [1.82, 2.24) is 5.06 Å². The maximum absolute atomic E-state index is 12.0. The summed E-state index contributed by atoms with van der Waals surface area (Å²) in [6, 6.07) is 9.57. The number of nitrogens with zero attached hydrogens (tertiary/aromatic N) is 1. The molecule has 3 rings (SSSR count). The molecular formula is C15H9NO5. The largest absolute Gasteiger partial charge is 0.465 e. The van der Waals surface area contributed by atoms with Gasteiger partial charge in [-0.3, -0.25) is 9.59 Å². The molecule has 1 aliphatic heterocycles. The first kappa shape index (κ1) is 12.9. The van der Waals surface area contributed by atoms with E-state index in [0.29, 0.717) is 10.8 Å². The van der Waals surface area contributed by atoms with Crippen molar-refractivity contribution in [2.75, 3.05) is 0 Å². The fourth-order valence-electron chi connectivity index (χ4n) is 1.91. The highest BCUT2D eigenvalue weighted by molar-refractivity contribution is 6.21. The van der Waals surface area contributed by atoms with E-state index in [-0.39, 0.29) is 11.1 Å². The summed E-state index contributed by atoms with van der Waals surface area (Å²) in [5.74, 6) is -1.71. The smallest absolute Gasteiger partial charge is 0.356 e. The first-order valence-corrected chi connectivity index (χ1v) is 6.08. The molecule has 0 saturated carbocycles. The van der Waals surface area contributed by atoms with Crippen LogP contribution >= 0.6 is 0 Å². The fourth-order valence-corrected chi connectivity index (χ4v) is 1.91. The number of furan rings is 1. The standard InChI is InChI=1S/C15H9NO5/c17-13(8-7-10-4-3-9-20-10)21-16-14(18)11-5-1-2-6-12(11)15(16)19/h1-9H/b8-7+. The lowest BCUT2D eigenvalue weighted by Gasteiger charge is -2.10. The van der Waals surface area contributed by atoms with Crippen LogP contribution in [0.3, 0.4) is 0 Å². The molecule has 0 aliphatic carbocycles. The van der Waals surface area contributed by atoms with E-state index in [1.54, 1.807) is 24.3 Å². The molecule has 6 heteroatoms. The molecule has 0 saturated heterocycles.